The lowest BCUT2D eigenvalue weighted by atomic mass is 9.82. The predicted molar refractivity (Wildman–Crippen MR) is 193 cm³/mol. The van der Waals surface area contributed by atoms with Crippen molar-refractivity contribution < 1.29 is 38.9 Å². The smallest absolute Gasteiger partial charge is 0.336 e. The Hall–Kier alpha value is -3.48. The molecule has 1 aromatic carbocycles. The van der Waals surface area contributed by atoms with E-state index in [1.165, 1.54) is 25.3 Å². The summed E-state index contributed by atoms with van der Waals surface area (Å²) in [4.78, 5) is 51.5. The second-order valence-electron chi connectivity index (χ2n) is 12.7. The molecule has 49 heavy (non-hydrogen) atoms. The average molecular weight is 684 g/mol. The second-order valence-corrected chi connectivity index (χ2v) is 12.7. The Kier molecular flexibility index (Phi) is 23.5. The molecule has 0 bridgehead atoms. The lowest BCUT2D eigenvalue weighted by Crippen LogP contribution is -2.55. The van der Waals surface area contributed by atoms with Crippen LogP contribution in [-0.2, 0) is 30.3 Å². The van der Waals surface area contributed by atoms with Crippen LogP contribution in [0.1, 0.15) is 130 Å². The molecule has 0 radical (unpaired) electrons. The van der Waals surface area contributed by atoms with Gasteiger partial charge in [-0.15, -0.1) is 5.92 Å². The van der Waals surface area contributed by atoms with Crippen molar-refractivity contribution >= 4 is 23.4 Å². The third-order valence-corrected chi connectivity index (χ3v) is 8.41. The van der Waals surface area contributed by atoms with E-state index in [9.17, 15) is 29.4 Å². The normalized spacial score (nSPS) is 13.6. The first-order chi connectivity index (χ1) is 23.6. The van der Waals surface area contributed by atoms with E-state index in [0.29, 0.717) is 43.8 Å². The number of allylic oxidation sites excluding steroid dienone is 1. The van der Waals surface area contributed by atoms with Crippen LogP contribution >= 0.6 is 0 Å². The van der Waals surface area contributed by atoms with Crippen molar-refractivity contribution in [2.45, 2.75) is 142 Å². The number of unbranched alkanes of at least 4 members (excludes halogenated alkanes) is 8. The van der Waals surface area contributed by atoms with Gasteiger partial charge >= 0.3 is 5.97 Å². The van der Waals surface area contributed by atoms with Gasteiger partial charge < -0.3 is 25.0 Å². The van der Waals surface area contributed by atoms with E-state index in [4.69, 9.17) is 9.47 Å². The maximum Gasteiger partial charge on any atom is 0.336 e. The number of aliphatic carboxylic acids is 1. The zero-order valence-corrected chi connectivity index (χ0v) is 30.4. The van der Waals surface area contributed by atoms with Crippen LogP contribution in [0.3, 0.4) is 0 Å². The number of carbonyl (C=O) groups is 4. The van der Waals surface area contributed by atoms with Crippen molar-refractivity contribution in [1.29, 1.82) is 0 Å². The van der Waals surface area contributed by atoms with Gasteiger partial charge in [0.05, 0.1) is 12.0 Å². The van der Waals surface area contributed by atoms with Crippen LogP contribution in [0, 0.1) is 17.8 Å². The van der Waals surface area contributed by atoms with Gasteiger partial charge in [0.25, 0.3) is 0 Å². The third-order valence-electron chi connectivity index (χ3n) is 8.41. The van der Waals surface area contributed by atoms with Crippen molar-refractivity contribution in [3.63, 3.8) is 0 Å². The summed E-state index contributed by atoms with van der Waals surface area (Å²) in [5, 5.41) is 24.1. The molecule has 3 N–H and O–H groups in total. The number of carboxylic acids is 1. The molecule has 1 rings (SSSR count). The van der Waals surface area contributed by atoms with E-state index < -0.39 is 29.4 Å². The summed E-state index contributed by atoms with van der Waals surface area (Å²) in [6.45, 7) is 8.00. The van der Waals surface area contributed by atoms with Gasteiger partial charge in [0.15, 0.2) is 11.4 Å². The second kappa shape index (κ2) is 26.4. The highest BCUT2D eigenvalue weighted by atomic mass is 16.5. The van der Waals surface area contributed by atoms with Crippen LogP contribution in [0.4, 0.5) is 0 Å². The summed E-state index contributed by atoms with van der Waals surface area (Å²) in [6, 6.07) is 6.10. The number of ether oxygens (including phenoxy) is 2. The van der Waals surface area contributed by atoms with E-state index in [-0.39, 0.29) is 31.8 Å². The highest BCUT2D eigenvalue weighted by molar-refractivity contribution is 5.94. The summed E-state index contributed by atoms with van der Waals surface area (Å²) in [5.74, 6) is 2.53. The monoisotopic (exact) mass is 683 g/mol. The average Bonchev–Trinajstić information content (AvgIpc) is 3.08. The number of carbonyl (C=O) groups excluding carboxylic acids is 3. The summed E-state index contributed by atoms with van der Waals surface area (Å²) in [6.07, 6.45) is 15.3. The Labute approximate surface area is 294 Å². The predicted octanol–water partition coefficient (Wildman–Crippen LogP) is 7.17. The topological polar surface area (TPSA) is 139 Å². The molecule has 0 aromatic heterocycles. The van der Waals surface area contributed by atoms with Gasteiger partial charge in [0.2, 0.25) is 5.91 Å². The van der Waals surface area contributed by atoms with Crippen molar-refractivity contribution in [2.75, 3.05) is 19.8 Å². The molecular weight excluding hydrogens is 622 g/mol. The number of hydrogen-bond acceptors (Lipinski definition) is 7. The first-order valence-corrected chi connectivity index (χ1v) is 18.3. The quantitative estimate of drug-likeness (QED) is 0.0459. The number of rotatable bonds is 29. The van der Waals surface area contributed by atoms with Crippen LogP contribution in [0.2, 0.25) is 0 Å². The number of carboxylic acid groups (broad SMARTS) is 1. The van der Waals surface area contributed by atoms with Crippen LogP contribution in [0.25, 0.3) is 0 Å². The molecule has 1 amide bonds. The van der Waals surface area contributed by atoms with Gasteiger partial charge in [0, 0.05) is 19.4 Å². The summed E-state index contributed by atoms with van der Waals surface area (Å²) in [5.41, 5.74) is -1.59. The van der Waals surface area contributed by atoms with E-state index >= 15 is 0 Å². The Bertz CT molecular complexity index is 1200. The molecule has 0 aliphatic carbocycles. The zero-order valence-electron chi connectivity index (χ0n) is 30.4. The molecule has 274 valence electrons. The lowest BCUT2D eigenvalue weighted by molar-refractivity contribution is -0.167. The Morgan fingerprint density at radius 3 is 2.14 bits per heavy atom. The number of benzene rings is 1. The highest BCUT2D eigenvalue weighted by Crippen LogP contribution is 2.27. The molecule has 0 unspecified atom stereocenters. The molecule has 0 spiro atoms. The Morgan fingerprint density at radius 2 is 1.55 bits per heavy atom. The molecule has 0 saturated carbocycles. The number of aliphatic hydroxyl groups is 1. The van der Waals surface area contributed by atoms with Gasteiger partial charge in [0.1, 0.15) is 24.7 Å². The van der Waals surface area contributed by atoms with Crippen molar-refractivity contribution in [1.82, 2.24) is 5.32 Å². The van der Waals surface area contributed by atoms with Gasteiger partial charge in [-0.1, -0.05) is 95.9 Å². The molecule has 0 aliphatic rings. The van der Waals surface area contributed by atoms with Gasteiger partial charge in [-0.3, -0.25) is 14.4 Å². The molecular formula is C40H61NO8. The largest absolute Gasteiger partial charge is 0.481 e. The van der Waals surface area contributed by atoms with Crippen LogP contribution in [-0.4, -0.2) is 65.1 Å². The van der Waals surface area contributed by atoms with E-state index in [2.05, 4.69) is 24.1 Å². The van der Waals surface area contributed by atoms with E-state index in [1.54, 1.807) is 44.2 Å². The molecule has 3 atom stereocenters. The number of Topliss-reactive ketones (excluding diaryl/α,β-unsaturated/α-hetero) is 2. The first-order valence-electron chi connectivity index (χ1n) is 18.3. The lowest BCUT2D eigenvalue weighted by Gasteiger charge is -2.31. The molecule has 9 heteroatoms. The van der Waals surface area contributed by atoms with Gasteiger partial charge in [-0.05, 0) is 69.6 Å². The summed E-state index contributed by atoms with van der Waals surface area (Å²) < 4.78 is 11.0. The van der Waals surface area contributed by atoms with Crippen LogP contribution in [0.5, 0.6) is 5.75 Å². The van der Waals surface area contributed by atoms with Gasteiger partial charge in [-0.25, -0.2) is 4.79 Å². The van der Waals surface area contributed by atoms with Crippen LogP contribution < -0.4 is 10.1 Å². The summed E-state index contributed by atoms with van der Waals surface area (Å²) >= 11 is 0. The third kappa shape index (κ3) is 18.2. The minimum atomic E-state index is -2.35. The van der Waals surface area contributed by atoms with Crippen molar-refractivity contribution in [3.8, 4) is 17.6 Å². The number of nitrogens with one attached hydrogen (secondary N) is 1. The maximum atomic E-state index is 13.8. The Balaban J connectivity index is 2.93. The molecule has 0 fully saturated rings. The standard InChI is InChI=1S/C40H61NO8/c1-5-9-11-14-17-20-33(42)21-18-15-12-13-16-19-22-35(40(47,27-7-3)39(45)46)38(44)41-36(37(43)31-48-28-8-4)30-32-23-25-34(26-24-32)49-29-10-6-2/h19,22-26,35-36,47H,5,7-9,11-18,20-21,27-31H2,1-4H3,(H,41,44)(H,45,46)/b22-19+/t35-,36+,40+/m1/s1. The van der Waals surface area contributed by atoms with Crippen molar-refractivity contribution in [3.05, 3.63) is 42.0 Å². The number of amides is 1. The van der Waals surface area contributed by atoms with E-state index in [0.717, 1.165) is 50.5 Å². The molecule has 1 aromatic rings. The first kappa shape index (κ1) is 43.5. The Morgan fingerprint density at radius 1 is 0.898 bits per heavy atom. The maximum absolute atomic E-state index is 13.8. The molecule has 0 aliphatic heterocycles. The molecule has 0 heterocycles. The molecule has 9 nitrogen and oxygen atoms in total. The SMILES string of the molecule is CC#CCOc1ccc(C[C@H](NC(=O)[C@@H](/C=C/CCCCCCC(=O)CCCCCCC)[C@@](O)(CCC)C(=O)O)C(=O)COCCC)cc1. The van der Waals surface area contributed by atoms with Crippen molar-refractivity contribution in [2.24, 2.45) is 5.92 Å². The fourth-order valence-electron chi connectivity index (χ4n) is 5.53. The number of hydrogen-bond donors (Lipinski definition) is 3. The molecule has 0 saturated heterocycles. The van der Waals surface area contributed by atoms with E-state index in [1.807, 2.05) is 6.92 Å². The minimum absolute atomic E-state index is 0.139. The van der Waals surface area contributed by atoms with Gasteiger partial charge in [-0.2, -0.15) is 0 Å². The fraction of sp³-hybridized carbons (Fsp3) is 0.650. The number of ketones is 2. The minimum Gasteiger partial charge on any atom is -0.481 e. The summed E-state index contributed by atoms with van der Waals surface area (Å²) in [7, 11) is 0. The highest BCUT2D eigenvalue weighted by Gasteiger charge is 2.46. The zero-order chi connectivity index (χ0) is 36.3. The fourth-order valence-corrected chi connectivity index (χ4v) is 5.53. The van der Waals surface area contributed by atoms with Crippen LogP contribution in [0.15, 0.2) is 36.4 Å².